The minimum absolute atomic E-state index is 0.567. The van der Waals surface area contributed by atoms with Gasteiger partial charge in [0.05, 0.1) is 17.2 Å². The highest BCUT2D eigenvalue weighted by atomic mass is 32.1. The highest BCUT2D eigenvalue weighted by molar-refractivity contribution is 7.15. The Kier molecular flexibility index (Phi) is 4.48. The van der Waals surface area contributed by atoms with Gasteiger partial charge in [-0.3, -0.25) is 9.67 Å². The molecule has 0 atom stereocenters. The highest BCUT2D eigenvalue weighted by Crippen LogP contribution is 2.35. The van der Waals surface area contributed by atoms with Crippen LogP contribution in [-0.4, -0.2) is 29.9 Å². The van der Waals surface area contributed by atoms with E-state index in [-0.39, 0.29) is 0 Å². The molecular formula is C20H21N7S. The molecule has 0 aliphatic heterocycles. The van der Waals surface area contributed by atoms with Crippen LogP contribution in [0.2, 0.25) is 0 Å². The smallest absolute Gasteiger partial charge is 0.211 e. The van der Waals surface area contributed by atoms with Crippen molar-refractivity contribution < 1.29 is 0 Å². The number of pyridine rings is 2. The second-order valence-corrected chi connectivity index (χ2v) is 8.28. The summed E-state index contributed by atoms with van der Waals surface area (Å²) in [6.45, 7) is 0. The van der Waals surface area contributed by atoms with Crippen LogP contribution in [0.15, 0.2) is 36.8 Å². The minimum atomic E-state index is 0.567. The molecule has 4 heterocycles. The van der Waals surface area contributed by atoms with E-state index in [9.17, 15) is 0 Å². The van der Waals surface area contributed by atoms with Crippen molar-refractivity contribution in [3.05, 3.63) is 41.8 Å². The van der Waals surface area contributed by atoms with Crippen molar-refractivity contribution in [2.45, 2.75) is 38.0 Å². The SMILES string of the molecule is Cn1cc(-c2cnc3ccc(Nc4nnc(C5CCCCC5)s4)nc3c2)cn1. The van der Waals surface area contributed by atoms with Crippen LogP contribution in [-0.2, 0) is 7.05 Å². The summed E-state index contributed by atoms with van der Waals surface area (Å²) in [5.74, 6) is 1.32. The number of rotatable bonds is 4. The lowest BCUT2D eigenvalue weighted by molar-refractivity contribution is 0.440. The number of anilines is 2. The quantitative estimate of drug-likeness (QED) is 0.544. The van der Waals surface area contributed by atoms with Gasteiger partial charge in [0, 0.05) is 36.5 Å². The molecule has 0 amide bonds. The molecule has 1 fully saturated rings. The fourth-order valence-corrected chi connectivity index (χ4v) is 4.63. The van der Waals surface area contributed by atoms with Crippen molar-refractivity contribution in [1.29, 1.82) is 0 Å². The topological polar surface area (TPSA) is 81.4 Å². The van der Waals surface area contributed by atoms with Crippen molar-refractivity contribution in [1.82, 2.24) is 29.9 Å². The van der Waals surface area contributed by atoms with Crippen molar-refractivity contribution in [2.75, 3.05) is 5.32 Å². The molecule has 1 saturated carbocycles. The molecule has 8 heteroatoms. The lowest BCUT2D eigenvalue weighted by Gasteiger charge is -2.18. The molecule has 142 valence electrons. The van der Waals surface area contributed by atoms with E-state index in [4.69, 9.17) is 4.98 Å². The third-order valence-electron chi connectivity index (χ3n) is 5.21. The third kappa shape index (κ3) is 3.47. The van der Waals surface area contributed by atoms with Gasteiger partial charge in [-0.25, -0.2) is 4.98 Å². The van der Waals surface area contributed by atoms with E-state index in [0.29, 0.717) is 5.92 Å². The summed E-state index contributed by atoms with van der Waals surface area (Å²) in [7, 11) is 1.90. The Morgan fingerprint density at radius 1 is 1.04 bits per heavy atom. The lowest BCUT2D eigenvalue weighted by atomic mass is 9.90. The minimum Gasteiger partial charge on any atom is -0.315 e. The molecule has 4 aromatic rings. The molecule has 0 unspecified atom stereocenters. The van der Waals surface area contributed by atoms with Crippen molar-refractivity contribution >= 4 is 33.3 Å². The molecule has 5 rings (SSSR count). The van der Waals surface area contributed by atoms with Gasteiger partial charge in [-0.15, -0.1) is 10.2 Å². The molecule has 28 heavy (non-hydrogen) atoms. The van der Waals surface area contributed by atoms with Crippen LogP contribution in [0.4, 0.5) is 10.9 Å². The Labute approximate surface area is 166 Å². The molecule has 1 N–H and O–H groups in total. The van der Waals surface area contributed by atoms with E-state index >= 15 is 0 Å². The summed E-state index contributed by atoms with van der Waals surface area (Å²) < 4.78 is 1.78. The largest absolute Gasteiger partial charge is 0.315 e. The average Bonchev–Trinajstić information content (AvgIpc) is 3.37. The van der Waals surface area contributed by atoms with Crippen LogP contribution < -0.4 is 5.32 Å². The maximum Gasteiger partial charge on any atom is 0.211 e. The molecule has 0 bridgehead atoms. The number of aromatic nitrogens is 6. The third-order valence-corrected chi connectivity index (χ3v) is 6.21. The molecule has 1 aliphatic rings. The van der Waals surface area contributed by atoms with Gasteiger partial charge in [0.1, 0.15) is 10.8 Å². The van der Waals surface area contributed by atoms with Gasteiger partial charge in [0.15, 0.2) is 0 Å². The Morgan fingerprint density at radius 3 is 2.75 bits per heavy atom. The summed E-state index contributed by atoms with van der Waals surface area (Å²) in [4.78, 5) is 9.25. The first-order valence-electron chi connectivity index (χ1n) is 9.61. The second-order valence-electron chi connectivity index (χ2n) is 7.27. The van der Waals surface area contributed by atoms with Crippen LogP contribution in [0.3, 0.4) is 0 Å². The van der Waals surface area contributed by atoms with Crippen LogP contribution in [0.1, 0.15) is 43.0 Å². The van der Waals surface area contributed by atoms with Crippen molar-refractivity contribution in [2.24, 2.45) is 7.05 Å². The molecule has 7 nitrogen and oxygen atoms in total. The van der Waals surface area contributed by atoms with E-state index in [2.05, 4.69) is 25.6 Å². The number of hydrogen-bond acceptors (Lipinski definition) is 7. The number of fused-ring (bicyclic) bond motifs is 1. The van der Waals surface area contributed by atoms with Crippen LogP contribution in [0.25, 0.3) is 22.2 Å². The average molecular weight is 392 g/mol. The normalized spacial score (nSPS) is 15.2. The molecule has 0 aromatic carbocycles. The Morgan fingerprint density at radius 2 is 1.93 bits per heavy atom. The van der Waals surface area contributed by atoms with E-state index in [1.165, 1.54) is 32.1 Å². The van der Waals surface area contributed by atoms with Gasteiger partial charge < -0.3 is 5.32 Å². The lowest BCUT2D eigenvalue weighted by Crippen LogP contribution is -2.03. The number of nitrogens with one attached hydrogen (secondary N) is 1. The zero-order chi connectivity index (χ0) is 18.9. The summed E-state index contributed by atoms with van der Waals surface area (Å²) >= 11 is 1.64. The van der Waals surface area contributed by atoms with E-state index in [0.717, 1.165) is 38.1 Å². The van der Waals surface area contributed by atoms with Gasteiger partial charge in [0.2, 0.25) is 5.13 Å². The van der Waals surface area contributed by atoms with Gasteiger partial charge >= 0.3 is 0 Å². The number of nitrogens with zero attached hydrogens (tertiary/aromatic N) is 6. The Bertz CT molecular complexity index is 1110. The van der Waals surface area contributed by atoms with Gasteiger partial charge in [0.25, 0.3) is 0 Å². The van der Waals surface area contributed by atoms with Crippen LogP contribution in [0, 0.1) is 0 Å². The predicted molar refractivity (Wildman–Crippen MR) is 111 cm³/mol. The van der Waals surface area contributed by atoms with Gasteiger partial charge in [-0.2, -0.15) is 5.10 Å². The van der Waals surface area contributed by atoms with Crippen LogP contribution >= 0.6 is 11.3 Å². The maximum atomic E-state index is 4.72. The predicted octanol–water partition coefficient (Wildman–Crippen LogP) is 4.67. The van der Waals surface area contributed by atoms with Crippen molar-refractivity contribution in [3.8, 4) is 11.1 Å². The first kappa shape index (κ1) is 17.2. The molecule has 0 spiro atoms. The second kappa shape index (κ2) is 7.27. The Hall–Kier alpha value is -2.87. The highest BCUT2D eigenvalue weighted by Gasteiger charge is 2.19. The summed E-state index contributed by atoms with van der Waals surface area (Å²) in [5, 5.41) is 18.2. The first-order valence-corrected chi connectivity index (χ1v) is 10.4. The van der Waals surface area contributed by atoms with E-state index in [1.807, 2.05) is 43.8 Å². The molecular weight excluding hydrogens is 370 g/mol. The fourth-order valence-electron chi connectivity index (χ4n) is 3.71. The standard InChI is InChI=1S/C20H21N7S/c1-27-12-15(11-22-27)14-9-17-16(21-10-14)7-8-18(23-17)24-20-26-25-19(28-20)13-5-3-2-4-6-13/h7-13H,2-6H2,1H3,(H,23,24,26). The van der Waals surface area contributed by atoms with Gasteiger partial charge in [-0.1, -0.05) is 30.6 Å². The molecule has 4 aromatic heterocycles. The van der Waals surface area contributed by atoms with E-state index < -0.39 is 0 Å². The summed E-state index contributed by atoms with van der Waals surface area (Å²) in [6, 6.07) is 5.94. The van der Waals surface area contributed by atoms with Gasteiger partial charge in [-0.05, 0) is 31.0 Å². The number of hydrogen-bond donors (Lipinski definition) is 1. The van der Waals surface area contributed by atoms with E-state index in [1.54, 1.807) is 16.0 Å². The molecule has 0 radical (unpaired) electrons. The number of aryl methyl sites for hydroxylation is 1. The molecule has 0 saturated heterocycles. The zero-order valence-electron chi connectivity index (χ0n) is 15.7. The zero-order valence-corrected chi connectivity index (χ0v) is 16.5. The molecule has 1 aliphatic carbocycles. The monoisotopic (exact) mass is 391 g/mol. The van der Waals surface area contributed by atoms with Crippen molar-refractivity contribution in [3.63, 3.8) is 0 Å². The van der Waals surface area contributed by atoms with Crippen LogP contribution in [0.5, 0.6) is 0 Å². The Balaban J connectivity index is 1.39. The summed E-state index contributed by atoms with van der Waals surface area (Å²) in [5.41, 5.74) is 3.72. The first-order chi connectivity index (χ1) is 13.7. The summed E-state index contributed by atoms with van der Waals surface area (Å²) in [6.07, 6.45) is 12.1. The maximum absolute atomic E-state index is 4.72. The fraction of sp³-hybridized carbons (Fsp3) is 0.350.